The largest absolute Gasteiger partial charge is 0.270 e. The van der Waals surface area contributed by atoms with E-state index in [2.05, 4.69) is 6.92 Å². The monoisotopic (exact) mass is 253 g/mol. The third-order valence-electron chi connectivity index (χ3n) is 3.19. The fourth-order valence-corrected chi connectivity index (χ4v) is 3.88. The Labute approximate surface area is 104 Å². The van der Waals surface area contributed by atoms with Crippen LogP contribution in [0.2, 0.25) is 0 Å². The number of hydrogen-bond acceptors (Lipinski definition) is 2. The summed E-state index contributed by atoms with van der Waals surface area (Å²) < 4.78 is 26.0. The Morgan fingerprint density at radius 1 is 1.24 bits per heavy atom. The predicted molar refractivity (Wildman–Crippen MR) is 70.8 cm³/mol. The molecule has 3 nitrogen and oxygen atoms in total. The van der Waals surface area contributed by atoms with Gasteiger partial charge < -0.3 is 0 Å². The number of fused-ring (bicyclic) bond motifs is 1. The van der Waals surface area contributed by atoms with E-state index >= 15 is 0 Å². The molecular weight excluding hydrogens is 234 g/mol. The number of sulfonamides is 1. The van der Waals surface area contributed by atoms with Crippen molar-refractivity contribution >= 4 is 15.7 Å². The van der Waals surface area contributed by atoms with E-state index in [4.69, 9.17) is 0 Å². The van der Waals surface area contributed by atoms with Crippen LogP contribution in [-0.4, -0.2) is 20.7 Å². The second-order valence-electron chi connectivity index (χ2n) is 4.47. The highest BCUT2D eigenvalue weighted by molar-refractivity contribution is 7.92. The lowest BCUT2D eigenvalue weighted by Gasteiger charge is -2.19. The molecule has 1 aliphatic heterocycles. The van der Waals surface area contributed by atoms with E-state index in [0.29, 0.717) is 6.54 Å². The van der Waals surface area contributed by atoms with Crippen molar-refractivity contribution in [2.45, 2.75) is 32.6 Å². The van der Waals surface area contributed by atoms with Crippen LogP contribution in [0, 0.1) is 0 Å². The molecule has 0 radical (unpaired) electrons. The molecule has 0 unspecified atom stereocenters. The number of unbranched alkanes of at least 4 members (excludes halogenated alkanes) is 2. The second kappa shape index (κ2) is 5.08. The quantitative estimate of drug-likeness (QED) is 0.756. The van der Waals surface area contributed by atoms with Crippen molar-refractivity contribution in [3.8, 4) is 0 Å². The molecule has 17 heavy (non-hydrogen) atoms. The fraction of sp³-hybridized carbons (Fsp3) is 0.538. The molecule has 0 fully saturated rings. The van der Waals surface area contributed by atoms with E-state index in [1.165, 1.54) is 0 Å². The third-order valence-corrected chi connectivity index (χ3v) is 5.04. The molecule has 94 valence electrons. The van der Waals surface area contributed by atoms with Crippen LogP contribution in [0.1, 0.15) is 31.7 Å². The van der Waals surface area contributed by atoms with Gasteiger partial charge >= 0.3 is 0 Å². The number of anilines is 1. The van der Waals surface area contributed by atoms with Gasteiger partial charge in [0.05, 0.1) is 11.4 Å². The fourth-order valence-electron chi connectivity index (χ4n) is 2.24. The maximum Gasteiger partial charge on any atom is 0.235 e. The van der Waals surface area contributed by atoms with Gasteiger partial charge in [-0.3, -0.25) is 4.31 Å². The molecule has 0 aliphatic carbocycles. The Balaban J connectivity index is 2.14. The molecule has 0 atom stereocenters. The molecule has 0 amide bonds. The van der Waals surface area contributed by atoms with Crippen molar-refractivity contribution in [3.63, 3.8) is 0 Å². The highest BCUT2D eigenvalue weighted by atomic mass is 32.2. The molecule has 0 N–H and O–H groups in total. The summed E-state index contributed by atoms with van der Waals surface area (Å²) in [6, 6.07) is 7.78. The Morgan fingerprint density at radius 3 is 2.76 bits per heavy atom. The number of para-hydroxylation sites is 1. The minimum atomic E-state index is -3.11. The molecule has 1 aromatic rings. The number of rotatable bonds is 5. The van der Waals surface area contributed by atoms with E-state index in [1.54, 1.807) is 4.31 Å². The van der Waals surface area contributed by atoms with Gasteiger partial charge in [0, 0.05) is 6.54 Å². The molecule has 1 heterocycles. The first-order chi connectivity index (χ1) is 8.15. The summed E-state index contributed by atoms with van der Waals surface area (Å²) in [7, 11) is -3.11. The van der Waals surface area contributed by atoms with E-state index in [1.807, 2.05) is 24.3 Å². The molecule has 0 saturated carbocycles. The summed E-state index contributed by atoms with van der Waals surface area (Å²) in [5.41, 5.74) is 2.02. The van der Waals surface area contributed by atoms with Crippen molar-refractivity contribution in [2.75, 3.05) is 16.6 Å². The summed E-state index contributed by atoms with van der Waals surface area (Å²) >= 11 is 0. The zero-order valence-electron chi connectivity index (χ0n) is 10.2. The Bertz CT molecular complexity index is 482. The third kappa shape index (κ3) is 2.63. The number of nitrogens with zero attached hydrogens (tertiary/aromatic N) is 1. The topological polar surface area (TPSA) is 37.4 Å². The Kier molecular flexibility index (Phi) is 3.72. The van der Waals surface area contributed by atoms with Crippen molar-refractivity contribution in [2.24, 2.45) is 0 Å². The van der Waals surface area contributed by atoms with Crippen LogP contribution >= 0.6 is 0 Å². The zero-order chi connectivity index (χ0) is 12.3. The molecule has 0 saturated heterocycles. The molecule has 4 heteroatoms. The highest BCUT2D eigenvalue weighted by Gasteiger charge is 2.28. The minimum absolute atomic E-state index is 0.273. The van der Waals surface area contributed by atoms with Crippen molar-refractivity contribution < 1.29 is 8.42 Å². The maximum atomic E-state index is 12.2. The van der Waals surface area contributed by atoms with Gasteiger partial charge in [-0.1, -0.05) is 38.0 Å². The van der Waals surface area contributed by atoms with E-state index in [0.717, 1.165) is 36.9 Å². The molecular formula is C13H19NO2S. The minimum Gasteiger partial charge on any atom is -0.270 e. The second-order valence-corrected chi connectivity index (χ2v) is 6.49. The van der Waals surface area contributed by atoms with Crippen molar-refractivity contribution in [3.05, 3.63) is 29.8 Å². The van der Waals surface area contributed by atoms with Gasteiger partial charge in [-0.25, -0.2) is 8.42 Å². The van der Waals surface area contributed by atoms with E-state index in [-0.39, 0.29) is 5.75 Å². The van der Waals surface area contributed by atoms with Crippen LogP contribution in [-0.2, 0) is 16.4 Å². The first-order valence-corrected chi connectivity index (χ1v) is 7.84. The first kappa shape index (κ1) is 12.4. The lowest BCUT2D eigenvalue weighted by Crippen LogP contribution is -2.31. The van der Waals surface area contributed by atoms with Gasteiger partial charge in [-0.15, -0.1) is 0 Å². The van der Waals surface area contributed by atoms with Crippen LogP contribution in [0.4, 0.5) is 5.69 Å². The maximum absolute atomic E-state index is 12.2. The van der Waals surface area contributed by atoms with Gasteiger partial charge in [0.2, 0.25) is 10.0 Å². The van der Waals surface area contributed by atoms with Gasteiger partial charge in [0.25, 0.3) is 0 Å². The van der Waals surface area contributed by atoms with Crippen LogP contribution in [0.5, 0.6) is 0 Å². The summed E-state index contributed by atoms with van der Waals surface area (Å²) in [5.74, 6) is 0.273. The average molecular weight is 253 g/mol. The number of benzene rings is 1. The molecule has 1 aromatic carbocycles. The van der Waals surface area contributed by atoms with Crippen molar-refractivity contribution in [1.82, 2.24) is 0 Å². The predicted octanol–water partition coefficient (Wildman–Crippen LogP) is 2.57. The van der Waals surface area contributed by atoms with Gasteiger partial charge in [-0.05, 0) is 24.5 Å². The summed E-state index contributed by atoms with van der Waals surface area (Å²) in [4.78, 5) is 0. The lowest BCUT2D eigenvalue weighted by molar-refractivity contribution is 0.587. The molecule has 0 spiro atoms. The SMILES string of the molecule is CCCCCS(=O)(=O)N1CCc2ccccc21. The summed E-state index contributed by atoms with van der Waals surface area (Å²) in [6.45, 7) is 2.69. The lowest BCUT2D eigenvalue weighted by atomic mass is 10.2. The normalized spacial score (nSPS) is 15.0. The van der Waals surface area contributed by atoms with E-state index in [9.17, 15) is 8.42 Å². The van der Waals surface area contributed by atoms with Crippen LogP contribution in [0.3, 0.4) is 0 Å². The zero-order valence-corrected chi connectivity index (χ0v) is 11.0. The Morgan fingerprint density at radius 2 is 2.00 bits per heavy atom. The molecule has 1 aliphatic rings. The van der Waals surface area contributed by atoms with Gasteiger partial charge in [0.1, 0.15) is 0 Å². The van der Waals surface area contributed by atoms with Crippen LogP contribution < -0.4 is 4.31 Å². The molecule has 0 bridgehead atoms. The standard InChI is InChI=1S/C13H19NO2S/c1-2-3-6-11-17(15,16)14-10-9-12-7-4-5-8-13(12)14/h4-5,7-8H,2-3,6,9-11H2,1H3. The molecule has 0 aromatic heterocycles. The van der Waals surface area contributed by atoms with Crippen LogP contribution in [0.25, 0.3) is 0 Å². The summed E-state index contributed by atoms with van der Waals surface area (Å²) in [5, 5.41) is 0. The molecule has 2 rings (SSSR count). The number of hydrogen-bond donors (Lipinski definition) is 0. The van der Waals surface area contributed by atoms with Gasteiger partial charge in [0.15, 0.2) is 0 Å². The van der Waals surface area contributed by atoms with Crippen LogP contribution in [0.15, 0.2) is 24.3 Å². The van der Waals surface area contributed by atoms with Crippen molar-refractivity contribution in [1.29, 1.82) is 0 Å². The summed E-state index contributed by atoms with van der Waals surface area (Å²) in [6.07, 6.45) is 3.63. The average Bonchev–Trinajstić information content (AvgIpc) is 2.73. The first-order valence-electron chi connectivity index (χ1n) is 6.23. The van der Waals surface area contributed by atoms with Gasteiger partial charge in [-0.2, -0.15) is 0 Å². The Hall–Kier alpha value is -1.03. The smallest absolute Gasteiger partial charge is 0.235 e. The highest BCUT2D eigenvalue weighted by Crippen LogP contribution is 2.30. The van der Waals surface area contributed by atoms with E-state index < -0.39 is 10.0 Å².